The Morgan fingerprint density at radius 2 is 2.24 bits per heavy atom. The monoisotopic (exact) mass is 332 g/mol. The average molecular weight is 332 g/mol. The van der Waals surface area contributed by atoms with Gasteiger partial charge in [-0.05, 0) is 18.6 Å². The average Bonchev–Trinajstić information content (AvgIpc) is 2.82. The number of aliphatic carboxylic acids is 1. The summed E-state index contributed by atoms with van der Waals surface area (Å²) in [4.78, 5) is 24.0. The third kappa shape index (κ3) is 4.02. The number of carboxylic acid groups (broad SMARTS) is 1. The van der Waals surface area contributed by atoms with Crippen LogP contribution in [0.1, 0.15) is 17.7 Å². The van der Waals surface area contributed by atoms with Crippen LogP contribution >= 0.6 is 11.3 Å². The molecular weight excluding hydrogens is 316 g/mol. The maximum absolute atomic E-state index is 12.2. The van der Waals surface area contributed by atoms with E-state index < -0.39 is 16.0 Å². The number of hydrogen-bond acceptors (Lipinski definition) is 5. The summed E-state index contributed by atoms with van der Waals surface area (Å²) in [5.74, 6) is -0.994. The van der Waals surface area contributed by atoms with Crippen molar-refractivity contribution in [1.29, 1.82) is 0 Å². The van der Waals surface area contributed by atoms with Crippen molar-refractivity contribution in [2.24, 2.45) is 0 Å². The van der Waals surface area contributed by atoms with E-state index in [0.717, 1.165) is 11.3 Å². The molecule has 1 aromatic heterocycles. The van der Waals surface area contributed by atoms with Gasteiger partial charge in [0.1, 0.15) is 4.21 Å². The van der Waals surface area contributed by atoms with Gasteiger partial charge in [-0.15, -0.1) is 11.3 Å². The highest BCUT2D eigenvalue weighted by Gasteiger charge is 2.28. The summed E-state index contributed by atoms with van der Waals surface area (Å²) >= 11 is 0.946. The van der Waals surface area contributed by atoms with Crippen molar-refractivity contribution < 1.29 is 23.1 Å². The zero-order chi connectivity index (χ0) is 15.6. The minimum atomic E-state index is -3.68. The molecule has 0 radical (unpaired) electrons. The van der Waals surface area contributed by atoms with E-state index in [0.29, 0.717) is 24.3 Å². The van der Waals surface area contributed by atoms with Crippen LogP contribution in [0, 0.1) is 0 Å². The quantitative estimate of drug-likeness (QED) is 0.806. The van der Waals surface area contributed by atoms with Crippen molar-refractivity contribution in [3.63, 3.8) is 0 Å². The third-order valence-electron chi connectivity index (χ3n) is 3.18. The van der Waals surface area contributed by atoms with E-state index in [1.165, 1.54) is 17.0 Å². The first-order valence-electron chi connectivity index (χ1n) is 6.35. The maximum atomic E-state index is 12.2. The molecule has 2 heterocycles. The fourth-order valence-corrected chi connectivity index (χ4v) is 4.76. The Balaban J connectivity index is 2.06. The Bertz CT molecular complexity index is 652. The van der Waals surface area contributed by atoms with Crippen molar-refractivity contribution in [2.45, 2.75) is 29.5 Å². The van der Waals surface area contributed by atoms with Crippen LogP contribution in [0.2, 0.25) is 0 Å². The van der Waals surface area contributed by atoms with Crippen LogP contribution in [0.15, 0.2) is 16.3 Å². The second kappa shape index (κ2) is 6.12. The molecule has 1 saturated heterocycles. The second-order valence-electron chi connectivity index (χ2n) is 4.92. The van der Waals surface area contributed by atoms with Gasteiger partial charge >= 0.3 is 5.97 Å². The van der Waals surface area contributed by atoms with Gasteiger partial charge in [-0.2, -0.15) is 0 Å². The number of carbonyl (C=O) groups is 2. The molecule has 0 spiro atoms. The van der Waals surface area contributed by atoms with Crippen LogP contribution in [-0.4, -0.2) is 49.9 Å². The fraction of sp³-hybridized carbons (Fsp3) is 0.500. The number of carboxylic acids is 1. The summed E-state index contributed by atoms with van der Waals surface area (Å²) in [5.41, 5.74) is 0. The molecule has 21 heavy (non-hydrogen) atoms. The molecule has 1 unspecified atom stereocenters. The normalized spacial score (nSPS) is 19.8. The Kier molecular flexibility index (Phi) is 4.64. The first-order chi connectivity index (χ1) is 9.78. The molecule has 1 aliphatic rings. The first-order valence-corrected chi connectivity index (χ1v) is 8.64. The maximum Gasteiger partial charge on any atom is 0.308 e. The van der Waals surface area contributed by atoms with Gasteiger partial charge in [0.25, 0.3) is 0 Å². The molecule has 0 aliphatic carbocycles. The highest BCUT2D eigenvalue weighted by Crippen LogP contribution is 2.23. The second-order valence-corrected chi connectivity index (χ2v) is 8.03. The molecule has 1 amide bonds. The minimum absolute atomic E-state index is 0.00492. The minimum Gasteiger partial charge on any atom is -0.481 e. The van der Waals surface area contributed by atoms with Crippen molar-refractivity contribution in [1.82, 2.24) is 9.62 Å². The zero-order valence-corrected chi connectivity index (χ0v) is 13.0. The van der Waals surface area contributed by atoms with Crippen LogP contribution in [0.4, 0.5) is 0 Å². The molecular formula is C12H16N2O5S2. The van der Waals surface area contributed by atoms with Crippen LogP contribution < -0.4 is 4.72 Å². The molecule has 2 rings (SSSR count). The highest BCUT2D eigenvalue weighted by molar-refractivity contribution is 7.91. The molecule has 1 atom stereocenters. The van der Waals surface area contributed by atoms with Gasteiger partial charge in [0, 0.05) is 30.9 Å². The molecule has 9 heteroatoms. The van der Waals surface area contributed by atoms with Crippen LogP contribution in [0.3, 0.4) is 0 Å². The number of carbonyl (C=O) groups excluding carboxylic acids is 1. The van der Waals surface area contributed by atoms with Gasteiger partial charge in [-0.1, -0.05) is 0 Å². The Morgan fingerprint density at radius 3 is 2.86 bits per heavy atom. The number of sulfonamides is 1. The number of thiophene rings is 1. The zero-order valence-electron chi connectivity index (χ0n) is 11.4. The molecule has 1 aliphatic heterocycles. The van der Waals surface area contributed by atoms with E-state index in [1.807, 2.05) is 0 Å². The Morgan fingerprint density at radius 1 is 1.52 bits per heavy atom. The molecule has 1 fully saturated rings. The van der Waals surface area contributed by atoms with E-state index in [1.54, 1.807) is 7.05 Å². The molecule has 0 bridgehead atoms. The van der Waals surface area contributed by atoms with Crippen molar-refractivity contribution in [2.75, 3.05) is 13.6 Å². The molecule has 7 nitrogen and oxygen atoms in total. The van der Waals surface area contributed by atoms with E-state index >= 15 is 0 Å². The van der Waals surface area contributed by atoms with Gasteiger partial charge in [0.15, 0.2) is 0 Å². The van der Waals surface area contributed by atoms with Gasteiger partial charge in [-0.3, -0.25) is 9.59 Å². The van der Waals surface area contributed by atoms with E-state index in [-0.39, 0.29) is 22.6 Å². The standard InChI is InChI=1S/C12H16N2O5S2/c1-14-7-8(2-4-10(14)15)13-21(18,19)12-5-3-9(20-12)6-11(16)17/h3,5,8,13H,2,4,6-7H2,1H3,(H,16,17). The number of likely N-dealkylation sites (N-methyl/N-ethyl adjacent to an activating group) is 1. The SMILES string of the molecule is CN1CC(NS(=O)(=O)c2ccc(CC(=O)O)s2)CCC1=O. The molecule has 2 N–H and O–H groups in total. The molecule has 116 valence electrons. The Hall–Kier alpha value is -1.45. The summed E-state index contributed by atoms with van der Waals surface area (Å²) in [5, 5.41) is 8.70. The predicted octanol–water partition coefficient (Wildman–Crippen LogP) is 0.274. The number of likely N-dealkylation sites (tertiary alicyclic amines) is 1. The van der Waals surface area contributed by atoms with Gasteiger partial charge in [0.05, 0.1) is 6.42 Å². The number of nitrogens with zero attached hydrogens (tertiary/aromatic N) is 1. The summed E-state index contributed by atoms with van der Waals surface area (Å²) in [6, 6.07) is 2.59. The lowest BCUT2D eigenvalue weighted by Gasteiger charge is -2.29. The van der Waals surface area contributed by atoms with Crippen LogP contribution in [0.25, 0.3) is 0 Å². The largest absolute Gasteiger partial charge is 0.481 e. The number of piperidine rings is 1. The summed E-state index contributed by atoms with van der Waals surface area (Å²) in [7, 11) is -2.04. The first kappa shape index (κ1) is 15.9. The number of hydrogen-bond donors (Lipinski definition) is 2. The summed E-state index contributed by atoms with van der Waals surface area (Å²) in [6.45, 7) is 0.339. The molecule has 1 aromatic rings. The lowest BCUT2D eigenvalue weighted by atomic mass is 10.1. The Labute approximate surface area is 126 Å². The fourth-order valence-electron chi connectivity index (χ4n) is 2.13. The van der Waals surface area contributed by atoms with E-state index in [4.69, 9.17) is 5.11 Å². The van der Waals surface area contributed by atoms with Crippen molar-refractivity contribution in [3.05, 3.63) is 17.0 Å². The lowest BCUT2D eigenvalue weighted by Crippen LogP contribution is -2.48. The highest BCUT2D eigenvalue weighted by atomic mass is 32.2. The third-order valence-corrected chi connectivity index (χ3v) is 6.27. The number of amides is 1. The van der Waals surface area contributed by atoms with Gasteiger partial charge < -0.3 is 10.0 Å². The lowest BCUT2D eigenvalue weighted by molar-refractivity contribution is -0.136. The van der Waals surface area contributed by atoms with E-state index in [9.17, 15) is 18.0 Å². The smallest absolute Gasteiger partial charge is 0.308 e. The van der Waals surface area contributed by atoms with Crippen molar-refractivity contribution >= 4 is 33.2 Å². The molecule has 0 aromatic carbocycles. The summed E-state index contributed by atoms with van der Waals surface area (Å²) in [6.07, 6.45) is 0.592. The van der Waals surface area contributed by atoms with Gasteiger partial charge in [0.2, 0.25) is 15.9 Å². The topological polar surface area (TPSA) is 104 Å². The molecule has 0 saturated carbocycles. The number of rotatable bonds is 5. The predicted molar refractivity (Wildman–Crippen MR) is 76.6 cm³/mol. The van der Waals surface area contributed by atoms with Crippen LogP contribution in [-0.2, 0) is 26.0 Å². The van der Waals surface area contributed by atoms with Crippen molar-refractivity contribution in [3.8, 4) is 0 Å². The number of nitrogens with one attached hydrogen (secondary N) is 1. The summed E-state index contributed by atoms with van der Waals surface area (Å²) < 4.78 is 27.1. The van der Waals surface area contributed by atoms with Gasteiger partial charge in [-0.25, -0.2) is 13.1 Å². The van der Waals surface area contributed by atoms with Crippen LogP contribution in [0.5, 0.6) is 0 Å². The van der Waals surface area contributed by atoms with E-state index in [2.05, 4.69) is 4.72 Å².